The summed E-state index contributed by atoms with van der Waals surface area (Å²) >= 11 is 0. The number of carbonyl (C=O) groups excluding carboxylic acids is 1. The van der Waals surface area contributed by atoms with E-state index in [1.807, 2.05) is 20.8 Å². The van der Waals surface area contributed by atoms with Gasteiger partial charge in [-0.05, 0) is 55.7 Å². The third-order valence-electron chi connectivity index (χ3n) is 3.90. The minimum Gasteiger partial charge on any atom is -0.495 e. The molecule has 24 heavy (non-hydrogen) atoms. The Hall–Kier alpha value is -2.82. The van der Waals surface area contributed by atoms with Gasteiger partial charge in [0.05, 0.1) is 24.8 Å². The van der Waals surface area contributed by atoms with E-state index in [1.54, 1.807) is 0 Å². The van der Waals surface area contributed by atoms with Crippen LogP contribution in [-0.4, -0.2) is 24.1 Å². The summed E-state index contributed by atoms with van der Waals surface area (Å²) in [4.78, 5) is 23.4. The van der Waals surface area contributed by atoms with E-state index < -0.39 is 5.97 Å². The molecule has 0 saturated heterocycles. The fraction of sp³-hybridized carbons (Fsp3) is 0.263. The van der Waals surface area contributed by atoms with E-state index in [0.29, 0.717) is 11.4 Å². The maximum atomic E-state index is 12.4. The Morgan fingerprint density at radius 2 is 1.71 bits per heavy atom. The topological polar surface area (TPSA) is 75.6 Å². The number of carboxylic acid groups (broad SMARTS) is 1. The molecular weight excluding hydrogens is 306 g/mol. The molecule has 0 aromatic heterocycles. The van der Waals surface area contributed by atoms with E-state index in [9.17, 15) is 9.59 Å². The number of rotatable bonds is 5. The van der Waals surface area contributed by atoms with Crippen LogP contribution in [0.2, 0.25) is 0 Å². The molecular formula is C19H21NO4. The van der Waals surface area contributed by atoms with Gasteiger partial charge in [-0.1, -0.05) is 17.7 Å². The van der Waals surface area contributed by atoms with Gasteiger partial charge < -0.3 is 15.2 Å². The first-order valence-electron chi connectivity index (χ1n) is 7.59. The molecule has 0 atom stereocenters. The van der Waals surface area contributed by atoms with Crippen LogP contribution in [0.25, 0.3) is 0 Å². The monoisotopic (exact) mass is 327 g/mol. The summed E-state index contributed by atoms with van der Waals surface area (Å²) in [5.41, 5.74) is 4.89. The molecule has 0 unspecified atom stereocenters. The number of nitrogens with one attached hydrogen (secondary N) is 1. The molecule has 0 radical (unpaired) electrons. The van der Waals surface area contributed by atoms with E-state index in [4.69, 9.17) is 9.84 Å². The van der Waals surface area contributed by atoms with Crippen molar-refractivity contribution in [3.63, 3.8) is 0 Å². The molecule has 2 aromatic carbocycles. The van der Waals surface area contributed by atoms with E-state index in [2.05, 4.69) is 17.4 Å². The molecule has 1 amide bonds. The number of benzene rings is 2. The summed E-state index contributed by atoms with van der Waals surface area (Å²) < 4.78 is 5.17. The number of aryl methyl sites for hydroxylation is 3. The van der Waals surface area contributed by atoms with Crippen LogP contribution in [0.4, 0.5) is 5.69 Å². The van der Waals surface area contributed by atoms with Crippen LogP contribution in [0, 0.1) is 20.8 Å². The Labute approximate surface area is 141 Å². The fourth-order valence-electron chi connectivity index (χ4n) is 2.77. The van der Waals surface area contributed by atoms with Gasteiger partial charge in [-0.25, -0.2) is 4.79 Å². The highest BCUT2D eigenvalue weighted by molar-refractivity contribution is 5.95. The first-order valence-corrected chi connectivity index (χ1v) is 7.59. The quantitative estimate of drug-likeness (QED) is 0.881. The zero-order chi connectivity index (χ0) is 17.9. The van der Waals surface area contributed by atoms with Gasteiger partial charge >= 0.3 is 5.97 Å². The summed E-state index contributed by atoms with van der Waals surface area (Å²) in [5.74, 6) is -0.899. The lowest BCUT2D eigenvalue weighted by Crippen LogP contribution is -2.16. The van der Waals surface area contributed by atoms with Crippen molar-refractivity contribution in [1.29, 1.82) is 0 Å². The fourth-order valence-corrected chi connectivity index (χ4v) is 2.77. The number of aromatic carboxylic acids is 1. The molecule has 2 rings (SSSR count). The molecule has 0 saturated carbocycles. The van der Waals surface area contributed by atoms with E-state index >= 15 is 0 Å². The minimum absolute atomic E-state index is 0.107. The largest absolute Gasteiger partial charge is 0.495 e. The van der Waals surface area contributed by atoms with Crippen LogP contribution in [0.1, 0.15) is 32.6 Å². The van der Waals surface area contributed by atoms with Crippen molar-refractivity contribution in [2.75, 3.05) is 12.4 Å². The van der Waals surface area contributed by atoms with Gasteiger partial charge in [-0.2, -0.15) is 0 Å². The van der Waals surface area contributed by atoms with Crippen molar-refractivity contribution < 1.29 is 19.4 Å². The van der Waals surface area contributed by atoms with E-state index in [1.165, 1.54) is 30.9 Å². The first kappa shape index (κ1) is 17.5. The molecule has 0 aliphatic rings. The van der Waals surface area contributed by atoms with Crippen molar-refractivity contribution >= 4 is 17.6 Å². The highest BCUT2D eigenvalue weighted by Gasteiger charge is 2.14. The third kappa shape index (κ3) is 3.93. The highest BCUT2D eigenvalue weighted by Crippen LogP contribution is 2.26. The zero-order valence-electron chi connectivity index (χ0n) is 14.3. The number of ether oxygens (including phenoxy) is 1. The standard InChI is InChI=1S/C19H21NO4/c1-11-7-12(2)15(13(3)8-11)10-18(21)20-16-6-5-14(19(22)23)9-17(16)24-4/h5-9H,10H2,1-4H3,(H,20,21)(H,22,23). The average molecular weight is 327 g/mol. The predicted molar refractivity (Wildman–Crippen MR) is 92.9 cm³/mol. The molecule has 5 heteroatoms. The first-order chi connectivity index (χ1) is 11.3. The second-order valence-electron chi connectivity index (χ2n) is 5.82. The van der Waals surface area contributed by atoms with Crippen molar-refractivity contribution in [3.05, 3.63) is 58.1 Å². The van der Waals surface area contributed by atoms with Crippen molar-refractivity contribution in [3.8, 4) is 5.75 Å². The number of carboxylic acids is 1. The predicted octanol–water partition coefficient (Wildman–Crippen LogP) is 3.50. The molecule has 0 bridgehead atoms. The Morgan fingerprint density at radius 1 is 1.08 bits per heavy atom. The van der Waals surface area contributed by atoms with Gasteiger partial charge in [0.15, 0.2) is 0 Å². The number of anilines is 1. The lowest BCUT2D eigenvalue weighted by molar-refractivity contribution is -0.115. The summed E-state index contributed by atoms with van der Waals surface area (Å²) in [7, 11) is 1.44. The molecule has 2 N–H and O–H groups in total. The van der Waals surface area contributed by atoms with Gasteiger partial charge in [0, 0.05) is 0 Å². The second-order valence-corrected chi connectivity index (χ2v) is 5.82. The number of amides is 1. The van der Waals surface area contributed by atoms with Gasteiger partial charge in [0.2, 0.25) is 5.91 Å². The van der Waals surface area contributed by atoms with E-state index in [-0.39, 0.29) is 17.9 Å². The summed E-state index contributed by atoms with van der Waals surface area (Å²) in [6.07, 6.45) is 0.252. The Bertz CT molecular complexity index is 773. The van der Waals surface area contributed by atoms with Gasteiger partial charge in [0.25, 0.3) is 0 Å². The van der Waals surface area contributed by atoms with Crippen LogP contribution in [0.3, 0.4) is 0 Å². The normalized spacial score (nSPS) is 10.3. The van der Waals surface area contributed by atoms with Crippen LogP contribution >= 0.6 is 0 Å². The molecule has 0 fully saturated rings. The summed E-state index contributed by atoms with van der Waals surface area (Å²) in [6.45, 7) is 6.01. The third-order valence-corrected chi connectivity index (χ3v) is 3.90. The smallest absolute Gasteiger partial charge is 0.335 e. The second kappa shape index (κ2) is 7.17. The van der Waals surface area contributed by atoms with Crippen LogP contribution in [0.5, 0.6) is 5.75 Å². The molecule has 0 heterocycles. The zero-order valence-corrected chi connectivity index (χ0v) is 14.3. The average Bonchev–Trinajstić information content (AvgIpc) is 2.51. The van der Waals surface area contributed by atoms with Crippen LogP contribution in [-0.2, 0) is 11.2 Å². The Kier molecular flexibility index (Phi) is 5.24. The maximum Gasteiger partial charge on any atom is 0.335 e. The Balaban J connectivity index is 2.20. The molecule has 0 aliphatic carbocycles. The van der Waals surface area contributed by atoms with Crippen molar-refractivity contribution in [1.82, 2.24) is 0 Å². The van der Waals surface area contributed by atoms with Crippen molar-refractivity contribution in [2.45, 2.75) is 27.2 Å². The SMILES string of the molecule is COc1cc(C(=O)O)ccc1NC(=O)Cc1c(C)cc(C)cc1C. The minimum atomic E-state index is -1.04. The summed E-state index contributed by atoms with van der Waals surface area (Å²) in [5, 5.41) is 11.8. The molecule has 0 spiro atoms. The van der Waals surface area contributed by atoms with Crippen LogP contribution in [0.15, 0.2) is 30.3 Å². The lowest BCUT2D eigenvalue weighted by atomic mass is 9.97. The van der Waals surface area contributed by atoms with Gasteiger partial charge in [-0.15, -0.1) is 0 Å². The molecule has 2 aromatic rings. The molecule has 0 aliphatic heterocycles. The van der Waals surface area contributed by atoms with Gasteiger partial charge in [-0.3, -0.25) is 4.79 Å². The van der Waals surface area contributed by atoms with E-state index in [0.717, 1.165) is 16.7 Å². The molecule has 126 valence electrons. The van der Waals surface area contributed by atoms with Crippen molar-refractivity contribution in [2.24, 2.45) is 0 Å². The van der Waals surface area contributed by atoms with Crippen LogP contribution < -0.4 is 10.1 Å². The highest BCUT2D eigenvalue weighted by atomic mass is 16.5. The lowest BCUT2D eigenvalue weighted by Gasteiger charge is -2.13. The van der Waals surface area contributed by atoms with Gasteiger partial charge in [0.1, 0.15) is 5.75 Å². The maximum absolute atomic E-state index is 12.4. The molecule has 5 nitrogen and oxygen atoms in total. The number of hydrogen-bond acceptors (Lipinski definition) is 3. The number of carbonyl (C=O) groups is 2. The number of methoxy groups -OCH3 is 1. The summed E-state index contributed by atoms with van der Waals surface area (Å²) in [6, 6.07) is 8.47. The Morgan fingerprint density at radius 3 is 2.25 bits per heavy atom. The number of hydrogen-bond donors (Lipinski definition) is 2.